The van der Waals surface area contributed by atoms with Crippen LogP contribution in [0.1, 0.15) is 60.8 Å². The Balaban J connectivity index is 0.000000117. The number of likely N-dealkylation sites (tertiary alicyclic amines) is 2. The number of fused-ring (bicyclic) bond motifs is 5. The Kier molecular flexibility index (Phi) is 26.2. The highest BCUT2D eigenvalue weighted by atomic mass is 127. The molecule has 0 spiro atoms. The fourth-order valence-electron chi connectivity index (χ4n) is 14.4. The summed E-state index contributed by atoms with van der Waals surface area (Å²) in [6, 6.07) is 48.5. The lowest BCUT2D eigenvalue weighted by atomic mass is 10.1. The van der Waals surface area contributed by atoms with Crippen molar-refractivity contribution in [1.29, 1.82) is 0 Å². The number of benzene rings is 5. The van der Waals surface area contributed by atoms with Gasteiger partial charge in [0.1, 0.15) is 61.3 Å². The van der Waals surface area contributed by atoms with E-state index in [4.69, 9.17) is 58.0 Å². The fourth-order valence-corrected chi connectivity index (χ4v) is 17.6. The Bertz CT molecular complexity index is 6300. The average molecular weight is 1830 g/mol. The van der Waals surface area contributed by atoms with Crippen LogP contribution in [0, 0.1) is 24.5 Å². The van der Waals surface area contributed by atoms with Gasteiger partial charge in [-0.05, 0) is 82.5 Å². The molecule has 1 atom stereocenters. The Morgan fingerprint density at radius 3 is 1.30 bits per heavy atom. The van der Waals surface area contributed by atoms with Crippen LogP contribution in [0.5, 0.6) is 0 Å². The predicted molar refractivity (Wildman–Crippen MR) is 470 cm³/mol. The summed E-state index contributed by atoms with van der Waals surface area (Å²) in [7, 11) is -0.919. The van der Waals surface area contributed by atoms with Gasteiger partial charge in [-0.1, -0.05) is 210 Å². The molecule has 0 radical (unpaired) electrons. The molecule has 1 aliphatic carbocycles. The largest absolute Gasteiger partial charge is 0.341 e. The second-order valence-electron chi connectivity index (χ2n) is 29.5. The number of nitrogens with one attached hydrogen (secondary N) is 1. The van der Waals surface area contributed by atoms with Crippen molar-refractivity contribution in [2.75, 3.05) is 78.0 Å². The van der Waals surface area contributed by atoms with Gasteiger partial charge in [-0.15, -0.1) is 51.0 Å². The van der Waals surface area contributed by atoms with Gasteiger partial charge in [0, 0.05) is 98.0 Å². The molecule has 4 aliphatic rings. The van der Waals surface area contributed by atoms with Crippen LogP contribution in [-0.2, 0) is 45.6 Å². The number of nitrogens with zero attached hydrogens (tertiary/aromatic N) is 23. The van der Waals surface area contributed by atoms with Crippen molar-refractivity contribution < 1.29 is 22.4 Å². The first-order valence-corrected chi connectivity index (χ1v) is 43.8. The number of likely N-dealkylation sites (N-methyl/N-ethyl adjacent to an activating group) is 1. The zero-order valence-corrected chi connectivity index (χ0v) is 72.3. The molecule has 15 aromatic rings. The second kappa shape index (κ2) is 37.2. The Morgan fingerprint density at radius 1 is 0.454 bits per heavy atom. The maximum atomic E-state index is 13.3. The molecule has 3 saturated heterocycles. The molecule has 3 aliphatic heterocycles. The van der Waals surface area contributed by atoms with Crippen LogP contribution < -0.4 is 0 Å². The molecule has 19 rings (SSSR count). The summed E-state index contributed by atoms with van der Waals surface area (Å²) in [5.41, 5.74) is 14.1. The molecule has 612 valence electrons. The van der Waals surface area contributed by atoms with Crippen molar-refractivity contribution in [1.82, 2.24) is 120 Å². The molecule has 2 amide bonds. The summed E-state index contributed by atoms with van der Waals surface area (Å²) in [4.78, 5) is 33.0. The third-order valence-electron chi connectivity index (χ3n) is 20.9. The van der Waals surface area contributed by atoms with E-state index >= 15 is 0 Å². The number of aryl methyl sites for hydroxylation is 4. The highest BCUT2D eigenvalue weighted by molar-refractivity contribution is 14.1. The summed E-state index contributed by atoms with van der Waals surface area (Å²) < 4.78 is 43.6. The van der Waals surface area contributed by atoms with Crippen LogP contribution in [0.25, 0.3) is 111 Å². The van der Waals surface area contributed by atoms with Crippen LogP contribution in [0.2, 0.25) is 25.1 Å². The van der Waals surface area contributed by atoms with E-state index in [-0.39, 0.29) is 43.7 Å². The van der Waals surface area contributed by atoms with Crippen LogP contribution in [0.15, 0.2) is 152 Å². The van der Waals surface area contributed by atoms with Crippen LogP contribution in [-0.4, -0.2) is 224 Å². The van der Waals surface area contributed by atoms with E-state index in [1.54, 1.807) is 9.36 Å². The quantitative estimate of drug-likeness (QED) is 0.0878. The van der Waals surface area contributed by atoms with Crippen LogP contribution >= 0.6 is 80.6 Å². The van der Waals surface area contributed by atoms with E-state index in [1.807, 2.05) is 182 Å². The van der Waals surface area contributed by atoms with Gasteiger partial charge in [0.15, 0.2) is 22.6 Å². The highest BCUT2D eigenvalue weighted by Gasteiger charge is 2.33. The van der Waals surface area contributed by atoms with Crippen molar-refractivity contribution in [3.05, 3.63) is 203 Å². The zero-order valence-electron chi connectivity index (χ0n) is 65.5. The molecule has 1 saturated carbocycles. The second-order valence-corrected chi connectivity index (χ2v) is 34.6. The number of hydrogen-bond acceptors (Lipinski definition) is 21. The van der Waals surface area contributed by atoms with E-state index in [9.17, 15) is 22.4 Å². The number of piperazine rings is 1. The minimum Gasteiger partial charge on any atom is -0.341 e. The van der Waals surface area contributed by atoms with E-state index in [1.165, 1.54) is 15.8 Å². The monoisotopic (exact) mass is 1830 g/mol. The van der Waals surface area contributed by atoms with Crippen molar-refractivity contribution in [2.24, 2.45) is 0 Å². The predicted octanol–water partition coefficient (Wildman–Crippen LogP) is 15.2. The number of aromatic nitrogens is 20. The van der Waals surface area contributed by atoms with Crippen molar-refractivity contribution in [3.63, 3.8) is 0 Å². The van der Waals surface area contributed by atoms with E-state index in [2.05, 4.69) is 121 Å². The molecule has 0 bridgehead atoms. The van der Waals surface area contributed by atoms with Gasteiger partial charge in [0.2, 0.25) is 17.5 Å². The zero-order chi connectivity index (χ0) is 83.2. The minimum absolute atomic E-state index is 0.00756. The molecule has 10 aromatic heterocycles. The van der Waals surface area contributed by atoms with Gasteiger partial charge in [-0.2, -0.15) is 25.5 Å². The van der Waals surface area contributed by atoms with Crippen LogP contribution in [0.4, 0.5) is 4.39 Å². The van der Waals surface area contributed by atoms with Crippen LogP contribution in [0.3, 0.4) is 0 Å². The lowest BCUT2D eigenvalue weighted by molar-refractivity contribution is -0.131. The number of carbonyl (C=O) groups excluding carboxylic acids is 2. The van der Waals surface area contributed by atoms with E-state index in [0.717, 1.165) is 156 Å². The first-order chi connectivity index (χ1) is 57.5. The Hall–Kier alpha value is -10.2. The maximum absolute atomic E-state index is 13.3. The number of alkyl halides is 1. The lowest BCUT2D eigenvalue weighted by Gasteiger charge is -2.32. The van der Waals surface area contributed by atoms with E-state index in [0.29, 0.717) is 104 Å². The van der Waals surface area contributed by atoms with E-state index < -0.39 is 16.0 Å². The first-order valence-electron chi connectivity index (χ1n) is 38.8. The lowest BCUT2D eigenvalue weighted by Crippen LogP contribution is -2.45. The molecule has 13 heterocycles. The van der Waals surface area contributed by atoms with Gasteiger partial charge in [-0.3, -0.25) is 19.6 Å². The smallest absolute Gasteiger partial charge is 0.244 e. The Morgan fingerprint density at radius 2 is 0.849 bits per heavy atom. The normalized spacial score (nSPS) is 15.1. The van der Waals surface area contributed by atoms with Gasteiger partial charge in [0.05, 0.1) is 94.5 Å². The molecular weight excluding hydrogens is 1750 g/mol. The third kappa shape index (κ3) is 19.0. The number of carbonyl (C=O) groups is 2. The summed E-state index contributed by atoms with van der Waals surface area (Å²) in [5.74, 6) is 0.253. The fraction of sp³-hybridized carbons (Fsp3) is 0.313. The van der Waals surface area contributed by atoms with Gasteiger partial charge >= 0.3 is 0 Å². The minimum atomic E-state index is -3.09. The SMILES string of the molecule is CS(=O)(=O)CCn1nc(C2CC2)c2c(Cl)c(-c3ccccc3)nnc21.Cc1[nH]nc2nnc(-c3ccccc3)c(Cl)c12.Cc1nn(CC(=O)N2CCCC2)c2nnc(-c3ccccc3)c(Cl)c12.Cc1nn(CCN2CCN(C)CC2)c2nnc(-c3ccccc3)c(Cl)c12.O=C(Cn1nc(I)c2c(Cl)c(-c3ccccc3)nnc21)N1CC[C@@H](F)C1. The van der Waals surface area contributed by atoms with Crippen molar-refractivity contribution in [3.8, 4) is 56.3 Å². The number of amides is 2. The summed E-state index contributed by atoms with van der Waals surface area (Å²) in [5, 5.41) is 74.5. The van der Waals surface area contributed by atoms with Gasteiger partial charge in [-0.25, -0.2) is 31.5 Å². The number of aromatic amines is 1. The average Bonchev–Trinajstić information content (AvgIpc) is 1.60. The number of rotatable bonds is 16. The summed E-state index contributed by atoms with van der Waals surface area (Å²) in [6.45, 7) is 14.6. The molecule has 119 heavy (non-hydrogen) atoms. The number of H-pyrrole nitrogens is 1. The molecule has 0 unspecified atom stereocenters. The van der Waals surface area contributed by atoms with Crippen molar-refractivity contribution in [2.45, 2.75) is 91.1 Å². The molecule has 1 N–H and O–H groups in total. The number of halogens is 7. The third-order valence-corrected chi connectivity index (χ3v) is 24.5. The van der Waals surface area contributed by atoms with Crippen molar-refractivity contribution >= 4 is 157 Å². The van der Waals surface area contributed by atoms with Gasteiger partial charge in [0.25, 0.3) is 0 Å². The summed E-state index contributed by atoms with van der Waals surface area (Å²) in [6.07, 6.45) is 4.92. The highest BCUT2D eigenvalue weighted by Crippen LogP contribution is 2.46. The maximum Gasteiger partial charge on any atom is 0.244 e. The van der Waals surface area contributed by atoms with Gasteiger partial charge < -0.3 is 14.7 Å². The Labute approximate surface area is 722 Å². The number of sulfone groups is 1. The number of hydrogen-bond donors (Lipinski definition) is 1. The molecule has 4 fully saturated rings. The standard InChI is InChI=1S/C19H23ClN6.C18H18ClN5O.C17H14ClFIN5O.C17H17ClN4O2S.C12H9ClN4/c1-14-16-17(20)18(15-6-4-3-5-7-15)21-22-19(16)26(23-14)13-12-25-10-8-24(2)9-11-25;1-12-15-16(19)17(13-7-3-2-4-8-13)20-21-18(15)24(22-12)11-14(25)23-9-5-6-10-23;18-14-13-16(20)23-25(9-12(26)24-7-6-11(19)8-24)17(13)22-21-15(14)10-4-2-1-3-5-10;1-25(23,24)10-9-22-17-13(15(21-22)12-7-8-12)14(18)16(19-20-17)11-5-3-2-4-6-11;1-7-9-10(13)11(8-5-3-2-4-6-8)15-17-12(9)16-14-7/h3-7H,8-13H2,1-2H3;2-4,7-8H,5-6,9-11H2,1H3;1-5,11H,6-9H2;2-6,12H,7-10H2,1H3;2-6H,1H3,(H,14,16,17)/t;;11-;;/m..1../s1. The molecule has 5 aromatic carbocycles. The molecular formula is C83H81Cl5FIN24O4S. The molecule has 36 heteroatoms. The first kappa shape index (κ1) is 83.8. The summed E-state index contributed by atoms with van der Waals surface area (Å²) >= 11 is 35.0. The molecule has 28 nitrogen and oxygen atoms in total. The topological polar surface area (TPSA) is 310 Å².